The molecule has 0 aliphatic carbocycles. The van der Waals surface area contributed by atoms with E-state index in [2.05, 4.69) is 15.9 Å². The van der Waals surface area contributed by atoms with E-state index in [0.717, 1.165) is 17.9 Å². The Morgan fingerprint density at radius 2 is 2.00 bits per heavy atom. The van der Waals surface area contributed by atoms with Crippen molar-refractivity contribution in [2.24, 2.45) is 5.73 Å². The first-order valence-electron chi connectivity index (χ1n) is 8.71. The number of likely N-dealkylation sites (tertiary alicyclic amines) is 1. The third-order valence-electron chi connectivity index (χ3n) is 4.60. The zero-order chi connectivity index (χ0) is 16.5. The van der Waals surface area contributed by atoms with Crippen LogP contribution in [0.3, 0.4) is 0 Å². The lowest BCUT2D eigenvalue weighted by Crippen LogP contribution is -2.34. The number of hydrogen-bond donors (Lipinski definition) is 2. The molecule has 1 saturated heterocycles. The van der Waals surface area contributed by atoms with Gasteiger partial charge in [0.2, 0.25) is 0 Å². The van der Waals surface area contributed by atoms with Crippen LogP contribution in [-0.2, 0) is 0 Å². The summed E-state index contributed by atoms with van der Waals surface area (Å²) in [6.07, 6.45) is 3.96. The largest absolute Gasteiger partial charge is 0.492 e. The Morgan fingerprint density at radius 1 is 1.26 bits per heavy atom. The van der Waals surface area contributed by atoms with Crippen LogP contribution in [0.2, 0.25) is 0 Å². The normalized spacial score (nSPS) is 17.4. The molecule has 3 N–H and O–H groups in total. The zero-order valence-corrected chi connectivity index (χ0v) is 14.3. The third-order valence-corrected chi connectivity index (χ3v) is 4.60. The van der Waals surface area contributed by atoms with E-state index in [-0.39, 0.29) is 12.6 Å². The maximum absolute atomic E-state index is 9.16. The minimum Gasteiger partial charge on any atom is -0.492 e. The molecule has 1 aromatic rings. The monoisotopic (exact) mass is 321 g/mol. The molecule has 1 aliphatic rings. The van der Waals surface area contributed by atoms with Crippen LogP contribution in [0.1, 0.15) is 30.9 Å². The van der Waals surface area contributed by atoms with Gasteiger partial charge in [0.25, 0.3) is 0 Å². The quantitative estimate of drug-likeness (QED) is 0.721. The fraction of sp³-hybridized carbons (Fsp3) is 0.667. The van der Waals surface area contributed by atoms with Crippen LogP contribution in [0.4, 0.5) is 0 Å². The maximum Gasteiger partial charge on any atom is 0.124 e. The lowest BCUT2D eigenvalue weighted by atomic mass is 10.0. The summed E-state index contributed by atoms with van der Waals surface area (Å²) >= 11 is 0. The van der Waals surface area contributed by atoms with Gasteiger partial charge in [-0.15, -0.1) is 0 Å². The van der Waals surface area contributed by atoms with Gasteiger partial charge in [-0.3, -0.25) is 9.80 Å². The lowest BCUT2D eigenvalue weighted by Gasteiger charge is -2.29. The second-order valence-corrected chi connectivity index (χ2v) is 6.24. The number of benzene rings is 1. The molecule has 0 amide bonds. The Morgan fingerprint density at radius 3 is 2.70 bits per heavy atom. The molecule has 5 heteroatoms. The number of rotatable bonds is 9. The average molecular weight is 321 g/mol. The van der Waals surface area contributed by atoms with E-state index in [9.17, 15) is 0 Å². The van der Waals surface area contributed by atoms with Gasteiger partial charge in [0.15, 0.2) is 0 Å². The van der Waals surface area contributed by atoms with Gasteiger partial charge in [-0.1, -0.05) is 24.6 Å². The number of hydrogen-bond acceptors (Lipinski definition) is 5. The average Bonchev–Trinajstić information content (AvgIpc) is 2.58. The predicted molar refractivity (Wildman–Crippen MR) is 93.7 cm³/mol. The van der Waals surface area contributed by atoms with E-state index in [1.165, 1.54) is 32.4 Å². The van der Waals surface area contributed by atoms with Crippen molar-refractivity contribution in [2.45, 2.75) is 25.3 Å². The van der Waals surface area contributed by atoms with Crippen LogP contribution in [0, 0.1) is 0 Å². The summed E-state index contributed by atoms with van der Waals surface area (Å²) in [5.74, 6) is 0.907. The number of likely N-dealkylation sites (N-methyl/N-ethyl adjacent to an activating group) is 1. The van der Waals surface area contributed by atoms with E-state index < -0.39 is 0 Å². The van der Waals surface area contributed by atoms with Crippen LogP contribution in [-0.4, -0.2) is 67.9 Å². The highest BCUT2D eigenvalue weighted by atomic mass is 16.5. The van der Waals surface area contributed by atoms with Crippen molar-refractivity contribution < 1.29 is 9.84 Å². The van der Waals surface area contributed by atoms with Gasteiger partial charge in [-0.05, 0) is 39.0 Å². The van der Waals surface area contributed by atoms with Crippen molar-refractivity contribution in [3.8, 4) is 5.75 Å². The Bertz CT molecular complexity index is 450. The standard InChI is InChI=1S/C18H31N3O2/c1-20(11-13-22)17(15-19)16-7-3-4-8-18(16)23-14-12-21-9-5-2-6-10-21/h3-4,7-8,17,22H,2,5-6,9-15,19H2,1H3. The third kappa shape index (κ3) is 5.46. The molecule has 0 bridgehead atoms. The van der Waals surface area contributed by atoms with Crippen LogP contribution >= 0.6 is 0 Å². The van der Waals surface area contributed by atoms with E-state index in [1.807, 2.05) is 25.2 Å². The van der Waals surface area contributed by atoms with Gasteiger partial charge in [0.05, 0.1) is 12.6 Å². The minimum atomic E-state index is 0.0633. The molecule has 5 nitrogen and oxygen atoms in total. The first-order valence-corrected chi connectivity index (χ1v) is 8.71. The summed E-state index contributed by atoms with van der Waals surface area (Å²) in [6.45, 7) is 5.30. The molecule has 0 saturated carbocycles. The van der Waals surface area contributed by atoms with Crippen molar-refractivity contribution >= 4 is 0 Å². The molecular weight excluding hydrogens is 290 g/mol. The lowest BCUT2D eigenvalue weighted by molar-refractivity contribution is 0.170. The second kappa shape index (κ2) is 9.88. The van der Waals surface area contributed by atoms with Crippen LogP contribution in [0.15, 0.2) is 24.3 Å². The van der Waals surface area contributed by atoms with Crippen molar-refractivity contribution in [1.29, 1.82) is 0 Å². The Kier molecular flexibility index (Phi) is 7.82. The SMILES string of the molecule is CN(CCO)C(CN)c1ccccc1OCCN1CCCCC1. The van der Waals surface area contributed by atoms with Gasteiger partial charge in [0, 0.05) is 25.2 Å². The molecular formula is C18H31N3O2. The Hall–Kier alpha value is -1.14. The van der Waals surface area contributed by atoms with Crippen molar-refractivity contribution in [3.05, 3.63) is 29.8 Å². The predicted octanol–water partition coefficient (Wildman–Crippen LogP) is 1.48. The minimum absolute atomic E-state index is 0.0633. The molecule has 0 spiro atoms. The number of aliphatic hydroxyl groups excluding tert-OH is 1. The molecule has 0 radical (unpaired) electrons. The summed E-state index contributed by atoms with van der Waals surface area (Å²) in [4.78, 5) is 4.55. The molecule has 23 heavy (non-hydrogen) atoms. The molecule has 1 aromatic carbocycles. The fourth-order valence-corrected chi connectivity index (χ4v) is 3.21. The first kappa shape index (κ1) is 18.2. The maximum atomic E-state index is 9.16. The molecule has 1 unspecified atom stereocenters. The molecule has 2 rings (SSSR count). The topological polar surface area (TPSA) is 62.0 Å². The van der Waals surface area contributed by atoms with Crippen molar-refractivity contribution in [2.75, 3.05) is 53.0 Å². The summed E-state index contributed by atoms with van der Waals surface area (Å²) in [6, 6.07) is 8.16. The number of para-hydroxylation sites is 1. The first-order chi connectivity index (χ1) is 11.3. The summed E-state index contributed by atoms with van der Waals surface area (Å²) in [5, 5.41) is 9.16. The fourth-order valence-electron chi connectivity index (χ4n) is 3.21. The molecule has 1 atom stereocenters. The highest BCUT2D eigenvalue weighted by Gasteiger charge is 2.19. The number of nitrogens with two attached hydrogens (primary N) is 1. The zero-order valence-electron chi connectivity index (χ0n) is 14.3. The van der Waals surface area contributed by atoms with Crippen LogP contribution in [0.25, 0.3) is 0 Å². The smallest absolute Gasteiger partial charge is 0.124 e. The number of piperidine rings is 1. The molecule has 1 aliphatic heterocycles. The Balaban J connectivity index is 1.95. The molecule has 1 fully saturated rings. The van der Waals surface area contributed by atoms with Gasteiger partial charge < -0.3 is 15.6 Å². The van der Waals surface area contributed by atoms with Crippen LogP contribution in [0.5, 0.6) is 5.75 Å². The van der Waals surface area contributed by atoms with E-state index in [1.54, 1.807) is 0 Å². The summed E-state index contributed by atoms with van der Waals surface area (Å²) in [5.41, 5.74) is 7.06. The highest BCUT2D eigenvalue weighted by Crippen LogP contribution is 2.28. The van der Waals surface area contributed by atoms with E-state index >= 15 is 0 Å². The number of ether oxygens (including phenoxy) is 1. The van der Waals surface area contributed by atoms with Crippen molar-refractivity contribution in [1.82, 2.24) is 9.80 Å². The number of nitrogens with zero attached hydrogens (tertiary/aromatic N) is 2. The van der Waals surface area contributed by atoms with Crippen LogP contribution < -0.4 is 10.5 Å². The van der Waals surface area contributed by atoms with Gasteiger partial charge >= 0.3 is 0 Å². The van der Waals surface area contributed by atoms with Gasteiger partial charge in [-0.25, -0.2) is 0 Å². The molecule has 1 heterocycles. The van der Waals surface area contributed by atoms with Crippen molar-refractivity contribution in [3.63, 3.8) is 0 Å². The summed E-state index contributed by atoms with van der Waals surface area (Å²) < 4.78 is 6.06. The summed E-state index contributed by atoms with van der Waals surface area (Å²) in [7, 11) is 1.98. The number of aliphatic hydroxyl groups is 1. The second-order valence-electron chi connectivity index (χ2n) is 6.24. The van der Waals surface area contributed by atoms with E-state index in [4.69, 9.17) is 15.6 Å². The Labute approximate surface area is 140 Å². The molecule has 130 valence electrons. The molecule has 0 aromatic heterocycles. The van der Waals surface area contributed by atoms with Gasteiger partial charge in [-0.2, -0.15) is 0 Å². The highest BCUT2D eigenvalue weighted by molar-refractivity contribution is 5.36. The van der Waals surface area contributed by atoms with E-state index in [0.29, 0.717) is 19.7 Å². The van der Waals surface area contributed by atoms with Gasteiger partial charge in [0.1, 0.15) is 12.4 Å².